The van der Waals surface area contributed by atoms with E-state index in [1.807, 2.05) is 31.2 Å². The average molecular weight is 326 g/mol. The van der Waals surface area contributed by atoms with E-state index in [9.17, 15) is 9.59 Å². The lowest BCUT2D eigenvalue weighted by molar-refractivity contribution is -0.159. The molecule has 1 fully saturated rings. The smallest absolute Gasteiger partial charge is 0.334 e. The lowest BCUT2D eigenvalue weighted by Gasteiger charge is -2.31. The number of carbonyl (C=O) groups excluding carboxylic acids is 1. The van der Waals surface area contributed by atoms with Gasteiger partial charge in [0, 0.05) is 18.0 Å². The monoisotopic (exact) mass is 325 g/mol. The number of ether oxygens (including phenoxy) is 1. The lowest BCUT2D eigenvalue weighted by Crippen LogP contribution is -2.48. The summed E-state index contributed by atoms with van der Waals surface area (Å²) in [4.78, 5) is 24.8. The van der Waals surface area contributed by atoms with E-state index in [0.717, 1.165) is 12.0 Å². The lowest BCUT2D eigenvalue weighted by atomic mass is 9.97. The first-order valence-electron chi connectivity index (χ1n) is 7.32. The highest BCUT2D eigenvalue weighted by Gasteiger charge is 2.29. The summed E-state index contributed by atoms with van der Waals surface area (Å²) in [5.74, 6) is -0.859. The minimum Gasteiger partial charge on any atom is -0.479 e. The zero-order valence-electron chi connectivity index (χ0n) is 12.5. The molecule has 0 aromatic heterocycles. The number of halogens is 1. The molecule has 2 unspecified atom stereocenters. The molecular weight excluding hydrogens is 306 g/mol. The molecule has 1 aromatic carbocycles. The summed E-state index contributed by atoms with van der Waals surface area (Å²) in [6, 6.07) is 7.59. The highest BCUT2D eigenvalue weighted by Crippen LogP contribution is 2.17. The molecular formula is C16H20ClNO4. The topological polar surface area (TPSA) is 66.8 Å². The first-order valence-corrected chi connectivity index (χ1v) is 7.70. The molecule has 1 N–H and O–H groups in total. The van der Waals surface area contributed by atoms with Gasteiger partial charge in [-0.25, -0.2) is 4.79 Å². The van der Waals surface area contributed by atoms with Crippen LogP contribution < -0.4 is 0 Å². The van der Waals surface area contributed by atoms with Gasteiger partial charge in [0.05, 0.1) is 13.2 Å². The molecule has 22 heavy (non-hydrogen) atoms. The maximum Gasteiger partial charge on any atom is 0.334 e. The number of carboxylic acid groups (broad SMARTS) is 1. The fourth-order valence-corrected chi connectivity index (χ4v) is 2.67. The van der Waals surface area contributed by atoms with E-state index in [4.69, 9.17) is 21.4 Å². The molecule has 0 bridgehead atoms. The van der Waals surface area contributed by atoms with Crippen molar-refractivity contribution in [3.63, 3.8) is 0 Å². The third-order valence-electron chi connectivity index (χ3n) is 3.72. The van der Waals surface area contributed by atoms with Gasteiger partial charge in [-0.15, -0.1) is 0 Å². The molecule has 0 spiro atoms. The Labute approximate surface area is 134 Å². The van der Waals surface area contributed by atoms with Crippen LogP contribution in [-0.2, 0) is 20.7 Å². The van der Waals surface area contributed by atoms with Crippen LogP contribution >= 0.6 is 11.6 Å². The van der Waals surface area contributed by atoms with Crippen molar-refractivity contribution in [3.05, 3.63) is 34.9 Å². The van der Waals surface area contributed by atoms with Crippen molar-refractivity contribution >= 4 is 23.5 Å². The van der Waals surface area contributed by atoms with Crippen LogP contribution in [0.2, 0.25) is 5.02 Å². The minimum atomic E-state index is -1.02. The van der Waals surface area contributed by atoms with Gasteiger partial charge in [0.15, 0.2) is 6.10 Å². The Bertz CT molecular complexity index is 531. The van der Waals surface area contributed by atoms with E-state index < -0.39 is 12.1 Å². The van der Waals surface area contributed by atoms with Crippen molar-refractivity contribution < 1.29 is 19.4 Å². The molecule has 120 valence electrons. The number of carboxylic acids is 1. The number of amides is 1. The van der Waals surface area contributed by atoms with E-state index in [1.54, 1.807) is 4.90 Å². The minimum absolute atomic E-state index is 0.0176. The summed E-state index contributed by atoms with van der Waals surface area (Å²) in [5, 5.41) is 9.66. The number of hydrogen-bond acceptors (Lipinski definition) is 3. The highest BCUT2D eigenvalue weighted by atomic mass is 35.5. The number of aliphatic carboxylic acids is 1. The van der Waals surface area contributed by atoms with Crippen LogP contribution in [0.25, 0.3) is 0 Å². The van der Waals surface area contributed by atoms with Crippen molar-refractivity contribution in [2.45, 2.75) is 25.9 Å². The Hall–Kier alpha value is -1.59. The van der Waals surface area contributed by atoms with Gasteiger partial charge in [-0.3, -0.25) is 4.79 Å². The molecule has 6 heteroatoms. The average Bonchev–Trinajstić information content (AvgIpc) is 2.49. The number of nitrogens with zero attached hydrogens (tertiary/aromatic N) is 1. The molecule has 5 nitrogen and oxygen atoms in total. The van der Waals surface area contributed by atoms with Gasteiger partial charge in [-0.1, -0.05) is 30.7 Å². The van der Waals surface area contributed by atoms with E-state index in [2.05, 4.69) is 0 Å². The molecule has 1 aliphatic rings. The largest absolute Gasteiger partial charge is 0.479 e. The van der Waals surface area contributed by atoms with Crippen molar-refractivity contribution in [2.75, 3.05) is 19.7 Å². The Kier molecular flexibility index (Phi) is 5.80. The molecule has 2 atom stereocenters. The van der Waals surface area contributed by atoms with Crippen LogP contribution in [0.4, 0.5) is 0 Å². The van der Waals surface area contributed by atoms with Crippen molar-refractivity contribution in [2.24, 2.45) is 5.92 Å². The van der Waals surface area contributed by atoms with E-state index in [0.29, 0.717) is 18.0 Å². The second-order valence-electron chi connectivity index (χ2n) is 5.68. The van der Waals surface area contributed by atoms with E-state index in [1.165, 1.54) is 0 Å². The molecule has 1 heterocycles. The van der Waals surface area contributed by atoms with Crippen LogP contribution in [0, 0.1) is 5.92 Å². The molecule has 2 rings (SSSR count). The summed E-state index contributed by atoms with van der Waals surface area (Å²) in [6.45, 7) is 2.87. The van der Waals surface area contributed by atoms with Crippen molar-refractivity contribution in [3.8, 4) is 0 Å². The summed E-state index contributed by atoms with van der Waals surface area (Å²) in [6.07, 6.45) is 0.272. The quantitative estimate of drug-likeness (QED) is 0.901. The molecule has 1 aromatic rings. The van der Waals surface area contributed by atoms with Gasteiger partial charge < -0.3 is 14.7 Å². The fourth-order valence-electron chi connectivity index (χ4n) is 2.55. The van der Waals surface area contributed by atoms with Gasteiger partial charge in [0.1, 0.15) is 0 Å². The number of rotatable bonds is 5. The maximum atomic E-state index is 12.3. The molecule has 0 aliphatic carbocycles. The van der Waals surface area contributed by atoms with E-state index >= 15 is 0 Å². The Morgan fingerprint density at radius 3 is 2.73 bits per heavy atom. The zero-order chi connectivity index (χ0) is 16.1. The Balaban J connectivity index is 1.85. The second kappa shape index (κ2) is 7.61. The third kappa shape index (κ3) is 4.71. The van der Waals surface area contributed by atoms with Crippen molar-refractivity contribution in [1.29, 1.82) is 0 Å². The predicted octanol–water partition coefficient (Wildman–Crippen LogP) is 2.22. The van der Waals surface area contributed by atoms with Crippen LogP contribution in [-0.4, -0.2) is 47.7 Å². The fraction of sp³-hybridized carbons (Fsp3) is 0.500. The van der Waals surface area contributed by atoms with Gasteiger partial charge in [-0.05, 0) is 30.0 Å². The Morgan fingerprint density at radius 2 is 2.09 bits per heavy atom. The third-order valence-corrected chi connectivity index (χ3v) is 3.97. The van der Waals surface area contributed by atoms with E-state index in [-0.39, 0.29) is 25.0 Å². The number of hydrogen-bond donors (Lipinski definition) is 1. The Morgan fingerprint density at radius 1 is 1.41 bits per heavy atom. The first-order chi connectivity index (χ1) is 10.5. The molecule has 1 saturated heterocycles. The number of benzene rings is 1. The molecule has 1 amide bonds. The summed E-state index contributed by atoms with van der Waals surface area (Å²) in [5.41, 5.74) is 1.13. The summed E-state index contributed by atoms with van der Waals surface area (Å²) in [7, 11) is 0. The number of morpholine rings is 1. The van der Waals surface area contributed by atoms with Crippen LogP contribution in [0.15, 0.2) is 24.3 Å². The standard InChI is InChI=1S/C16H20ClNO4/c1-11(8-12-2-4-13(17)5-3-12)9-15(19)18-6-7-22-14(10-18)16(20)21/h2-5,11,14H,6-10H2,1H3,(H,20,21). The van der Waals surface area contributed by atoms with Crippen LogP contribution in [0.1, 0.15) is 18.9 Å². The zero-order valence-corrected chi connectivity index (χ0v) is 13.3. The van der Waals surface area contributed by atoms with Crippen LogP contribution in [0.5, 0.6) is 0 Å². The summed E-state index contributed by atoms with van der Waals surface area (Å²) >= 11 is 5.85. The van der Waals surface area contributed by atoms with Crippen LogP contribution in [0.3, 0.4) is 0 Å². The second-order valence-corrected chi connectivity index (χ2v) is 6.11. The van der Waals surface area contributed by atoms with Gasteiger partial charge >= 0.3 is 5.97 Å². The summed E-state index contributed by atoms with van der Waals surface area (Å²) < 4.78 is 5.13. The first kappa shape index (κ1) is 16.8. The molecule has 0 saturated carbocycles. The SMILES string of the molecule is CC(CC(=O)N1CCOC(C(=O)O)C1)Cc1ccc(Cl)cc1. The highest BCUT2D eigenvalue weighted by molar-refractivity contribution is 6.30. The van der Waals surface area contributed by atoms with Gasteiger partial charge in [-0.2, -0.15) is 0 Å². The van der Waals surface area contributed by atoms with Gasteiger partial charge in [0.25, 0.3) is 0 Å². The normalized spacial score (nSPS) is 19.7. The maximum absolute atomic E-state index is 12.3. The molecule has 1 aliphatic heterocycles. The van der Waals surface area contributed by atoms with Crippen molar-refractivity contribution in [1.82, 2.24) is 4.90 Å². The number of carbonyl (C=O) groups is 2. The molecule has 0 radical (unpaired) electrons. The van der Waals surface area contributed by atoms with Gasteiger partial charge in [0.2, 0.25) is 5.91 Å². The predicted molar refractivity (Wildman–Crippen MR) is 82.9 cm³/mol.